The topological polar surface area (TPSA) is 123 Å². The van der Waals surface area contributed by atoms with Gasteiger partial charge in [0.25, 0.3) is 0 Å². The summed E-state index contributed by atoms with van der Waals surface area (Å²) in [5, 5.41) is 22.1. The number of anilines is 1. The number of imidazole rings is 1. The summed E-state index contributed by atoms with van der Waals surface area (Å²) >= 11 is 0. The fourth-order valence-electron chi connectivity index (χ4n) is 2.93. The van der Waals surface area contributed by atoms with Crippen molar-refractivity contribution < 1.29 is 13.5 Å². The Bertz CT molecular complexity index is 1250. The van der Waals surface area contributed by atoms with E-state index in [1.807, 2.05) is 36.4 Å². The highest BCUT2D eigenvalue weighted by Gasteiger charge is 2.09. The van der Waals surface area contributed by atoms with Crippen molar-refractivity contribution in [2.75, 3.05) is 5.32 Å². The summed E-state index contributed by atoms with van der Waals surface area (Å²) < 4.78 is 24.4. The minimum absolute atomic E-state index is 0.00204. The zero-order chi connectivity index (χ0) is 20.4. The highest BCUT2D eigenvalue weighted by molar-refractivity contribution is 7.89. The molecule has 2 aromatic carbocycles. The first-order valence-electron chi connectivity index (χ1n) is 8.84. The third-order valence-corrected chi connectivity index (χ3v) is 5.45. The monoisotopic (exact) mass is 409 g/mol. The van der Waals surface area contributed by atoms with Crippen molar-refractivity contribution >= 4 is 21.5 Å². The molecule has 148 valence electrons. The molecule has 0 amide bonds. The van der Waals surface area contributed by atoms with Crippen molar-refractivity contribution in [3.63, 3.8) is 0 Å². The molecule has 0 saturated heterocycles. The van der Waals surface area contributed by atoms with E-state index >= 15 is 0 Å². The zero-order valence-electron chi connectivity index (χ0n) is 15.4. The third-order valence-electron chi connectivity index (χ3n) is 4.52. The average Bonchev–Trinajstić information content (AvgIpc) is 3.15. The molecule has 2 heterocycles. The molecule has 4 aromatic rings. The van der Waals surface area contributed by atoms with Gasteiger partial charge in [-0.3, -0.25) is 0 Å². The van der Waals surface area contributed by atoms with Crippen molar-refractivity contribution in [1.82, 2.24) is 14.6 Å². The van der Waals surface area contributed by atoms with Gasteiger partial charge in [-0.1, -0.05) is 36.4 Å². The summed E-state index contributed by atoms with van der Waals surface area (Å²) in [5.41, 5.74) is 4.23. The number of benzene rings is 2. The lowest BCUT2D eigenvalue weighted by Gasteiger charge is -2.08. The molecule has 4 N–H and O–H groups in total. The van der Waals surface area contributed by atoms with E-state index in [-0.39, 0.29) is 11.5 Å². The van der Waals surface area contributed by atoms with Crippen LogP contribution in [0.25, 0.3) is 16.9 Å². The standard InChI is InChI=1S/C20H19N5O3S/c21-29(27,28)17-7-3-14(4-8-17)11-22-19-9-10-20-23-12-18(25(20)24-19)16-5-1-15(13-26)2-6-16/h1-10,12,26H,11,13H2,(H,22,24)(H2,21,27,28). The number of nitrogens with one attached hydrogen (secondary N) is 1. The number of nitrogens with two attached hydrogens (primary N) is 1. The predicted molar refractivity (Wildman–Crippen MR) is 109 cm³/mol. The highest BCUT2D eigenvalue weighted by Crippen LogP contribution is 2.21. The Kier molecular flexibility index (Phi) is 5.01. The first kappa shape index (κ1) is 19.1. The lowest BCUT2D eigenvalue weighted by Crippen LogP contribution is -2.12. The van der Waals surface area contributed by atoms with Gasteiger partial charge in [0.15, 0.2) is 5.65 Å². The minimum atomic E-state index is -3.70. The maximum Gasteiger partial charge on any atom is 0.238 e. The normalized spacial score (nSPS) is 11.7. The van der Waals surface area contributed by atoms with E-state index in [2.05, 4.69) is 15.4 Å². The highest BCUT2D eigenvalue weighted by atomic mass is 32.2. The number of fused-ring (bicyclic) bond motifs is 1. The molecule has 0 aliphatic heterocycles. The van der Waals surface area contributed by atoms with Gasteiger partial charge in [0.05, 0.1) is 23.4 Å². The number of aromatic nitrogens is 3. The van der Waals surface area contributed by atoms with Gasteiger partial charge in [-0.2, -0.15) is 0 Å². The van der Waals surface area contributed by atoms with Crippen molar-refractivity contribution in [2.45, 2.75) is 18.0 Å². The fourth-order valence-corrected chi connectivity index (χ4v) is 3.45. The van der Waals surface area contributed by atoms with E-state index in [0.29, 0.717) is 18.0 Å². The molecule has 0 saturated carbocycles. The van der Waals surface area contributed by atoms with Gasteiger partial charge in [-0.15, -0.1) is 5.10 Å². The van der Waals surface area contributed by atoms with Crippen LogP contribution in [0.2, 0.25) is 0 Å². The van der Waals surface area contributed by atoms with Crippen molar-refractivity contribution in [1.29, 1.82) is 0 Å². The summed E-state index contributed by atoms with van der Waals surface area (Å²) in [4.78, 5) is 4.46. The Morgan fingerprint density at radius 3 is 2.31 bits per heavy atom. The van der Waals surface area contributed by atoms with Gasteiger partial charge in [-0.05, 0) is 35.4 Å². The maximum atomic E-state index is 11.3. The average molecular weight is 409 g/mol. The van der Waals surface area contributed by atoms with Crippen molar-refractivity contribution in [3.05, 3.63) is 78.0 Å². The van der Waals surface area contributed by atoms with Crippen LogP contribution >= 0.6 is 0 Å². The number of sulfonamides is 1. The van der Waals surface area contributed by atoms with E-state index in [1.54, 1.807) is 22.8 Å². The van der Waals surface area contributed by atoms with E-state index < -0.39 is 10.0 Å². The number of aliphatic hydroxyl groups is 1. The summed E-state index contributed by atoms with van der Waals surface area (Å²) in [6.45, 7) is 0.469. The second-order valence-corrected chi connectivity index (χ2v) is 8.09. The van der Waals surface area contributed by atoms with Gasteiger partial charge in [0.1, 0.15) is 5.82 Å². The van der Waals surface area contributed by atoms with Crippen LogP contribution in [0.4, 0.5) is 5.82 Å². The van der Waals surface area contributed by atoms with Gasteiger partial charge in [0, 0.05) is 12.1 Å². The summed E-state index contributed by atoms with van der Waals surface area (Å²) in [6.07, 6.45) is 1.76. The Hall–Kier alpha value is -3.27. The van der Waals surface area contributed by atoms with Crippen LogP contribution in [0.5, 0.6) is 0 Å². The third kappa shape index (κ3) is 4.11. The maximum absolute atomic E-state index is 11.3. The number of hydrogen-bond donors (Lipinski definition) is 3. The largest absolute Gasteiger partial charge is 0.392 e. The van der Waals surface area contributed by atoms with Crippen LogP contribution in [0.15, 0.2) is 71.8 Å². The lowest BCUT2D eigenvalue weighted by molar-refractivity contribution is 0.282. The van der Waals surface area contributed by atoms with Crippen molar-refractivity contribution in [3.8, 4) is 11.3 Å². The molecule has 0 fully saturated rings. The number of aliphatic hydroxyl groups excluding tert-OH is 1. The molecule has 0 spiro atoms. The molecule has 0 atom stereocenters. The second-order valence-electron chi connectivity index (χ2n) is 6.53. The number of hydrogen-bond acceptors (Lipinski definition) is 6. The fraction of sp³-hybridized carbons (Fsp3) is 0.100. The summed E-state index contributed by atoms with van der Waals surface area (Å²) in [7, 11) is -3.70. The van der Waals surface area contributed by atoms with Crippen LogP contribution in [-0.2, 0) is 23.2 Å². The number of nitrogens with zero attached hydrogens (tertiary/aromatic N) is 3. The Balaban J connectivity index is 1.55. The predicted octanol–water partition coefficient (Wildman–Crippen LogP) is 2.15. The van der Waals surface area contributed by atoms with Crippen molar-refractivity contribution in [2.24, 2.45) is 5.14 Å². The number of primary sulfonamides is 1. The molecule has 8 nitrogen and oxygen atoms in total. The van der Waals surface area contributed by atoms with E-state index in [0.717, 1.165) is 22.4 Å². The number of rotatable bonds is 6. The second kappa shape index (κ2) is 7.63. The zero-order valence-corrected chi connectivity index (χ0v) is 16.2. The SMILES string of the molecule is NS(=O)(=O)c1ccc(CNc2ccc3ncc(-c4ccc(CO)cc4)n3n2)cc1. The van der Waals surface area contributed by atoms with Gasteiger partial charge < -0.3 is 10.4 Å². The quantitative estimate of drug-likeness (QED) is 0.448. The molecular weight excluding hydrogens is 390 g/mol. The molecule has 0 aliphatic rings. The first-order valence-corrected chi connectivity index (χ1v) is 10.4. The van der Waals surface area contributed by atoms with Crippen LogP contribution in [0.1, 0.15) is 11.1 Å². The Labute approximate surface area is 167 Å². The Morgan fingerprint density at radius 1 is 0.966 bits per heavy atom. The van der Waals surface area contributed by atoms with E-state index in [4.69, 9.17) is 5.14 Å². The molecule has 4 rings (SSSR count). The van der Waals surface area contributed by atoms with Gasteiger partial charge in [0.2, 0.25) is 10.0 Å². The summed E-state index contributed by atoms with van der Waals surface area (Å²) in [5.74, 6) is 0.652. The molecular formula is C20H19N5O3S. The smallest absolute Gasteiger partial charge is 0.238 e. The van der Waals surface area contributed by atoms with Gasteiger partial charge in [-0.25, -0.2) is 23.1 Å². The Morgan fingerprint density at radius 2 is 1.66 bits per heavy atom. The molecule has 0 aliphatic carbocycles. The molecule has 2 aromatic heterocycles. The van der Waals surface area contributed by atoms with Gasteiger partial charge >= 0.3 is 0 Å². The van der Waals surface area contributed by atoms with Crippen LogP contribution in [0.3, 0.4) is 0 Å². The van der Waals surface area contributed by atoms with Crippen LogP contribution < -0.4 is 10.5 Å². The molecule has 0 radical (unpaired) electrons. The minimum Gasteiger partial charge on any atom is -0.392 e. The molecule has 9 heteroatoms. The molecule has 0 unspecified atom stereocenters. The molecule has 0 bridgehead atoms. The van der Waals surface area contributed by atoms with Crippen LogP contribution in [-0.4, -0.2) is 28.1 Å². The lowest BCUT2D eigenvalue weighted by atomic mass is 10.1. The van der Waals surface area contributed by atoms with E-state index in [1.165, 1.54) is 12.1 Å². The van der Waals surface area contributed by atoms with E-state index in [9.17, 15) is 13.5 Å². The van der Waals surface area contributed by atoms with Crippen LogP contribution in [0, 0.1) is 0 Å². The summed E-state index contributed by atoms with van der Waals surface area (Å²) in [6, 6.07) is 17.6. The molecule has 29 heavy (non-hydrogen) atoms. The first-order chi connectivity index (χ1) is 13.9.